The Bertz CT molecular complexity index is 622. The Balaban J connectivity index is 3.09. The monoisotopic (exact) mass is 320 g/mol. The molecule has 8 heteroatoms. The predicted molar refractivity (Wildman–Crippen MR) is 72.3 cm³/mol. The first-order chi connectivity index (χ1) is 9.06. The fourth-order valence-electron chi connectivity index (χ4n) is 1.37. The van der Waals surface area contributed by atoms with Crippen molar-refractivity contribution in [2.75, 3.05) is 12.9 Å². The number of hydrogen-bond donors (Lipinski definition) is 1. The Morgan fingerprint density at radius 1 is 1.30 bits per heavy atom. The largest absolute Gasteiger partial charge is 0.480 e. The number of carbonyl (C=O) groups is 2. The highest BCUT2D eigenvalue weighted by atomic mass is 35.5. The van der Waals surface area contributed by atoms with E-state index in [0.717, 1.165) is 13.2 Å². The van der Waals surface area contributed by atoms with E-state index in [1.165, 1.54) is 24.3 Å². The lowest BCUT2D eigenvalue weighted by atomic mass is 9.83. The number of carboxylic acid groups (broad SMARTS) is 1. The van der Waals surface area contributed by atoms with E-state index in [9.17, 15) is 23.1 Å². The molecule has 0 aliphatic heterocycles. The van der Waals surface area contributed by atoms with Crippen molar-refractivity contribution in [1.29, 1.82) is 0 Å². The zero-order chi connectivity index (χ0) is 15.6. The lowest BCUT2D eigenvalue weighted by Gasteiger charge is -2.22. The van der Waals surface area contributed by atoms with E-state index in [0.29, 0.717) is 5.02 Å². The quantitative estimate of drug-likeness (QED) is 0.485. The molecule has 0 heterocycles. The smallest absolute Gasteiger partial charge is 0.319 e. The van der Waals surface area contributed by atoms with Crippen molar-refractivity contribution in [2.24, 2.45) is 5.41 Å². The fourth-order valence-corrected chi connectivity index (χ4v) is 1.94. The molecule has 0 saturated heterocycles. The molecule has 20 heavy (non-hydrogen) atoms. The van der Waals surface area contributed by atoms with Crippen LogP contribution in [0, 0.1) is 5.41 Å². The normalized spacial score (nSPS) is 14.6. The van der Waals surface area contributed by atoms with Crippen LogP contribution in [0.25, 0.3) is 0 Å². The van der Waals surface area contributed by atoms with Crippen LogP contribution in [0.1, 0.15) is 17.3 Å². The number of ketones is 1. The summed E-state index contributed by atoms with van der Waals surface area (Å²) in [5, 5.41) is 9.59. The molecular formula is C12H13ClO6S. The molecule has 110 valence electrons. The van der Waals surface area contributed by atoms with Crippen molar-refractivity contribution in [1.82, 2.24) is 0 Å². The Labute approximate surface area is 121 Å². The lowest BCUT2D eigenvalue weighted by Crippen LogP contribution is -2.41. The first-order valence-corrected chi connectivity index (χ1v) is 7.64. The van der Waals surface area contributed by atoms with Gasteiger partial charge in [0, 0.05) is 10.6 Å². The second kappa shape index (κ2) is 5.90. The van der Waals surface area contributed by atoms with Crippen LogP contribution in [-0.2, 0) is 19.1 Å². The number of carboxylic acids is 1. The highest BCUT2D eigenvalue weighted by Crippen LogP contribution is 2.25. The van der Waals surface area contributed by atoms with Crippen LogP contribution in [-0.4, -0.2) is 38.1 Å². The Kier molecular flexibility index (Phi) is 4.90. The molecule has 0 radical (unpaired) electrons. The average molecular weight is 321 g/mol. The summed E-state index contributed by atoms with van der Waals surface area (Å²) in [6, 6.07) is 5.61. The summed E-state index contributed by atoms with van der Waals surface area (Å²) in [5.41, 5.74) is -1.90. The topological polar surface area (TPSA) is 97.7 Å². The standard InChI is InChI=1S/C12H13ClO6S/c1-12(11(15)16,7-19-20(2,17)18)10(14)8-3-5-9(13)6-4-8/h3-6H,7H2,1-2H3,(H,15,16). The second-order valence-electron chi connectivity index (χ2n) is 4.44. The minimum Gasteiger partial charge on any atom is -0.480 e. The lowest BCUT2D eigenvalue weighted by molar-refractivity contribution is -0.146. The summed E-state index contributed by atoms with van der Waals surface area (Å²) in [5.74, 6) is -2.23. The van der Waals surface area contributed by atoms with Crippen LogP contribution < -0.4 is 0 Å². The maximum atomic E-state index is 12.2. The third-order valence-corrected chi connectivity index (χ3v) is 3.44. The van der Waals surface area contributed by atoms with Gasteiger partial charge >= 0.3 is 5.97 Å². The van der Waals surface area contributed by atoms with Gasteiger partial charge in [0.1, 0.15) is 0 Å². The van der Waals surface area contributed by atoms with Gasteiger partial charge in [0.25, 0.3) is 10.1 Å². The summed E-state index contributed by atoms with van der Waals surface area (Å²) < 4.78 is 26.4. The number of halogens is 1. The zero-order valence-corrected chi connectivity index (χ0v) is 12.4. The molecule has 1 aromatic carbocycles. The van der Waals surface area contributed by atoms with E-state index in [2.05, 4.69) is 4.18 Å². The van der Waals surface area contributed by atoms with E-state index >= 15 is 0 Å². The number of Topliss-reactive ketones (excluding diaryl/α,β-unsaturated/α-hetero) is 1. The molecule has 1 atom stereocenters. The highest BCUT2D eigenvalue weighted by molar-refractivity contribution is 7.85. The first kappa shape index (κ1) is 16.6. The molecule has 0 saturated carbocycles. The number of hydrogen-bond acceptors (Lipinski definition) is 5. The summed E-state index contributed by atoms with van der Waals surface area (Å²) in [6.45, 7) is 0.333. The van der Waals surface area contributed by atoms with Gasteiger partial charge in [-0.3, -0.25) is 13.8 Å². The van der Waals surface area contributed by atoms with Crippen molar-refractivity contribution in [3.63, 3.8) is 0 Å². The number of aliphatic carboxylic acids is 1. The molecule has 1 unspecified atom stereocenters. The summed E-state index contributed by atoms with van der Waals surface area (Å²) in [7, 11) is -3.85. The van der Waals surface area contributed by atoms with Crippen molar-refractivity contribution >= 4 is 33.5 Å². The SMILES string of the molecule is CC(COS(C)(=O)=O)(C(=O)O)C(=O)c1ccc(Cl)cc1. The van der Waals surface area contributed by atoms with Crippen molar-refractivity contribution in [3.05, 3.63) is 34.9 Å². The number of rotatable bonds is 6. The summed E-state index contributed by atoms with van der Waals surface area (Å²) >= 11 is 5.68. The minimum absolute atomic E-state index is 0.108. The van der Waals surface area contributed by atoms with Gasteiger partial charge in [-0.2, -0.15) is 8.42 Å². The third kappa shape index (κ3) is 4.03. The molecule has 0 aliphatic rings. The highest BCUT2D eigenvalue weighted by Gasteiger charge is 2.43. The van der Waals surface area contributed by atoms with E-state index in [-0.39, 0.29) is 5.56 Å². The van der Waals surface area contributed by atoms with Gasteiger partial charge in [-0.25, -0.2) is 0 Å². The van der Waals surface area contributed by atoms with Gasteiger partial charge < -0.3 is 5.11 Å². The summed E-state index contributed by atoms with van der Waals surface area (Å²) in [4.78, 5) is 23.5. The fraction of sp³-hybridized carbons (Fsp3) is 0.333. The van der Waals surface area contributed by atoms with Crippen molar-refractivity contribution < 1.29 is 27.3 Å². The first-order valence-electron chi connectivity index (χ1n) is 5.44. The molecule has 0 aromatic heterocycles. The molecule has 1 rings (SSSR count). The van der Waals surface area contributed by atoms with Crippen LogP contribution in [0.3, 0.4) is 0 Å². The molecule has 0 fully saturated rings. The van der Waals surface area contributed by atoms with E-state index in [1.807, 2.05) is 0 Å². The van der Waals surface area contributed by atoms with Crippen LogP contribution in [0.5, 0.6) is 0 Å². The van der Waals surface area contributed by atoms with Crippen LogP contribution in [0.2, 0.25) is 5.02 Å². The van der Waals surface area contributed by atoms with E-state index in [1.54, 1.807) is 0 Å². The van der Waals surface area contributed by atoms with Crippen LogP contribution >= 0.6 is 11.6 Å². The van der Waals surface area contributed by atoms with Gasteiger partial charge in [0.05, 0.1) is 12.9 Å². The molecular weight excluding hydrogens is 308 g/mol. The molecule has 6 nitrogen and oxygen atoms in total. The minimum atomic E-state index is -3.85. The van der Waals surface area contributed by atoms with E-state index < -0.39 is 33.9 Å². The van der Waals surface area contributed by atoms with Gasteiger partial charge in [0.15, 0.2) is 11.2 Å². The molecule has 1 N–H and O–H groups in total. The van der Waals surface area contributed by atoms with E-state index in [4.69, 9.17) is 11.6 Å². The number of carbonyl (C=O) groups excluding carboxylic acids is 1. The maximum Gasteiger partial charge on any atom is 0.319 e. The molecule has 0 spiro atoms. The van der Waals surface area contributed by atoms with Crippen molar-refractivity contribution in [3.8, 4) is 0 Å². The van der Waals surface area contributed by atoms with Crippen LogP contribution in [0.4, 0.5) is 0 Å². The maximum absolute atomic E-state index is 12.2. The van der Waals surface area contributed by atoms with Gasteiger partial charge in [-0.1, -0.05) is 11.6 Å². The molecule has 0 bridgehead atoms. The predicted octanol–water partition coefficient (Wildman–Crippen LogP) is 1.59. The Morgan fingerprint density at radius 3 is 2.20 bits per heavy atom. The molecule has 0 aliphatic carbocycles. The number of benzene rings is 1. The molecule has 1 aromatic rings. The van der Waals surface area contributed by atoms with Gasteiger partial charge in [0.2, 0.25) is 0 Å². The second-order valence-corrected chi connectivity index (χ2v) is 6.52. The molecule has 0 amide bonds. The van der Waals surface area contributed by atoms with Crippen LogP contribution in [0.15, 0.2) is 24.3 Å². The van der Waals surface area contributed by atoms with Gasteiger partial charge in [-0.15, -0.1) is 0 Å². The third-order valence-electron chi connectivity index (χ3n) is 2.64. The van der Waals surface area contributed by atoms with Crippen molar-refractivity contribution in [2.45, 2.75) is 6.92 Å². The summed E-state index contributed by atoms with van der Waals surface area (Å²) in [6.07, 6.45) is 0.780. The van der Waals surface area contributed by atoms with Gasteiger partial charge in [-0.05, 0) is 31.2 Å². The Morgan fingerprint density at radius 2 is 1.80 bits per heavy atom. The zero-order valence-electron chi connectivity index (χ0n) is 10.8. The average Bonchev–Trinajstić information content (AvgIpc) is 2.35. The Hall–Kier alpha value is -1.44.